The third-order valence-corrected chi connectivity index (χ3v) is 8.67. The molecule has 2 saturated heterocycles. The number of hydrogen-bond acceptors (Lipinski definition) is 4. The Morgan fingerprint density at radius 3 is 2.55 bits per heavy atom. The summed E-state index contributed by atoms with van der Waals surface area (Å²) in [6, 6.07) is 6.59. The first-order valence-corrected chi connectivity index (χ1v) is 14.8. The zero-order valence-electron chi connectivity index (χ0n) is 24.3. The van der Waals surface area contributed by atoms with Gasteiger partial charge in [-0.2, -0.15) is 0 Å². The molecule has 0 bridgehead atoms. The van der Waals surface area contributed by atoms with Gasteiger partial charge in [0.15, 0.2) is 5.82 Å². The van der Waals surface area contributed by atoms with Crippen molar-refractivity contribution in [3.05, 3.63) is 53.6 Å². The van der Waals surface area contributed by atoms with Crippen LogP contribution in [0.2, 0.25) is 0 Å². The maximum absolute atomic E-state index is 14.9. The van der Waals surface area contributed by atoms with Crippen molar-refractivity contribution in [3.63, 3.8) is 0 Å². The molecule has 2 aromatic carbocycles. The second-order valence-corrected chi connectivity index (χ2v) is 12.1. The molecular weight excluding hydrogens is 580 g/mol. The van der Waals surface area contributed by atoms with E-state index < -0.39 is 48.1 Å². The Morgan fingerprint density at radius 1 is 1.09 bits per heavy atom. The predicted octanol–water partition coefficient (Wildman–Crippen LogP) is 4.94. The summed E-state index contributed by atoms with van der Waals surface area (Å²) in [5.41, 5.74) is 2.69. The van der Waals surface area contributed by atoms with E-state index >= 15 is 0 Å². The molecular formula is C31H34F4N6O3. The Kier molecular flexibility index (Phi) is 7.99. The molecule has 0 spiro atoms. The van der Waals surface area contributed by atoms with Gasteiger partial charge in [0.2, 0.25) is 5.91 Å². The molecule has 2 aliphatic rings. The number of carboxylic acid groups (broad SMARTS) is 1. The van der Waals surface area contributed by atoms with E-state index in [0.29, 0.717) is 40.9 Å². The normalized spacial score (nSPS) is 22.8. The van der Waals surface area contributed by atoms with Crippen LogP contribution in [0.15, 0.2) is 36.4 Å². The van der Waals surface area contributed by atoms with E-state index in [-0.39, 0.29) is 38.0 Å². The summed E-state index contributed by atoms with van der Waals surface area (Å²) in [6.07, 6.45) is -2.93. The Hall–Kier alpha value is -4.13. The van der Waals surface area contributed by atoms with Crippen molar-refractivity contribution < 1.29 is 32.3 Å². The number of likely N-dealkylation sites (tertiary alicyclic amines) is 1. The highest BCUT2D eigenvalue weighted by molar-refractivity contribution is 5.92. The lowest BCUT2D eigenvalue weighted by Crippen LogP contribution is -2.53. The second-order valence-electron chi connectivity index (χ2n) is 12.1. The first kappa shape index (κ1) is 29.9. The molecule has 2 aliphatic heterocycles. The van der Waals surface area contributed by atoms with Crippen molar-refractivity contribution in [1.82, 2.24) is 30.1 Å². The summed E-state index contributed by atoms with van der Waals surface area (Å²) < 4.78 is 59.5. The fourth-order valence-electron chi connectivity index (χ4n) is 6.62. The van der Waals surface area contributed by atoms with Crippen LogP contribution in [0.25, 0.3) is 33.5 Å². The first-order valence-electron chi connectivity index (χ1n) is 14.8. The summed E-state index contributed by atoms with van der Waals surface area (Å²) in [5, 5.41) is 15.5. The summed E-state index contributed by atoms with van der Waals surface area (Å²) >= 11 is 0. The molecule has 6 rings (SSSR count). The summed E-state index contributed by atoms with van der Waals surface area (Å²) in [5.74, 6) is -1.48. The molecule has 2 amide bonds. The minimum Gasteiger partial charge on any atom is -0.465 e. The molecule has 0 unspecified atom stereocenters. The number of alkyl halides is 2. The van der Waals surface area contributed by atoms with Gasteiger partial charge in [0, 0.05) is 42.5 Å². The van der Waals surface area contributed by atoms with Crippen LogP contribution in [0.3, 0.4) is 0 Å². The lowest BCUT2D eigenvalue weighted by Gasteiger charge is -2.30. The van der Waals surface area contributed by atoms with Crippen LogP contribution in [0.1, 0.15) is 32.3 Å². The van der Waals surface area contributed by atoms with E-state index in [0.717, 1.165) is 10.9 Å². The number of nitrogens with zero attached hydrogens (tertiary/aromatic N) is 3. The number of benzene rings is 2. The molecule has 0 saturated carbocycles. The zero-order chi connectivity index (χ0) is 31.3. The Morgan fingerprint density at radius 2 is 1.84 bits per heavy atom. The van der Waals surface area contributed by atoms with Crippen molar-refractivity contribution in [1.29, 1.82) is 0 Å². The van der Waals surface area contributed by atoms with E-state index in [1.54, 1.807) is 30.5 Å². The highest BCUT2D eigenvalue weighted by atomic mass is 19.1. The van der Waals surface area contributed by atoms with E-state index in [2.05, 4.69) is 15.6 Å². The third-order valence-electron chi connectivity index (χ3n) is 8.67. The van der Waals surface area contributed by atoms with Gasteiger partial charge in [-0.05, 0) is 54.7 Å². The van der Waals surface area contributed by atoms with Crippen LogP contribution in [-0.2, 0) is 17.8 Å². The number of aromatic nitrogens is 3. The van der Waals surface area contributed by atoms with Crippen molar-refractivity contribution in [2.24, 2.45) is 5.92 Å². The third kappa shape index (κ3) is 5.72. The minimum atomic E-state index is -1.35. The lowest BCUT2D eigenvalue weighted by molar-refractivity contribution is -0.135. The number of imidazole rings is 1. The van der Waals surface area contributed by atoms with Crippen LogP contribution >= 0.6 is 0 Å². The number of fused-ring (bicyclic) bond motifs is 2. The molecule has 9 nitrogen and oxygen atoms in total. The highest BCUT2D eigenvalue weighted by Gasteiger charge is 2.40. The average molecular weight is 615 g/mol. The lowest BCUT2D eigenvalue weighted by atomic mass is 10.0. The van der Waals surface area contributed by atoms with Gasteiger partial charge in [0.1, 0.15) is 30.0 Å². The van der Waals surface area contributed by atoms with Crippen molar-refractivity contribution in [3.8, 4) is 11.5 Å². The van der Waals surface area contributed by atoms with Gasteiger partial charge in [-0.25, -0.2) is 27.3 Å². The van der Waals surface area contributed by atoms with Gasteiger partial charge in [0.25, 0.3) is 0 Å². The molecule has 4 aromatic rings. The molecule has 4 heterocycles. The Balaban J connectivity index is 1.45. The molecule has 5 atom stereocenters. The van der Waals surface area contributed by atoms with Gasteiger partial charge in [-0.1, -0.05) is 13.8 Å². The molecule has 0 aliphatic carbocycles. The quantitative estimate of drug-likeness (QED) is 0.210. The monoisotopic (exact) mass is 614 g/mol. The van der Waals surface area contributed by atoms with Gasteiger partial charge in [-0.15, -0.1) is 0 Å². The van der Waals surface area contributed by atoms with Crippen LogP contribution in [0.5, 0.6) is 0 Å². The van der Waals surface area contributed by atoms with Crippen LogP contribution in [0, 0.1) is 17.6 Å². The molecule has 234 valence electrons. The standard InChI is InChI=1S/C31H34F4N6O3/c1-15(2)27(39-31(43)44)30(42)40-13-19(35)8-21(40)14-41-26-6-4-17(33)10-25(26)38-29(41)28-23(11-20-7-18(34)12-36-20)22-5-3-16(32)9-24(22)37-28/h3-6,9-10,15,18-21,27,36-37,39H,7-8,11-14H2,1-2H3,(H,43,44)/t18-,19-,20-,21-,27-/m0/s1. The Labute approximate surface area is 250 Å². The number of nitrogens with one attached hydrogen (secondary N) is 3. The molecule has 2 aromatic heterocycles. The van der Waals surface area contributed by atoms with Crippen molar-refractivity contribution in [2.45, 2.75) is 70.1 Å². The smallest absolute Gasteiger partial charge is 0.405 e. The van der Waals surface area contributed by atoms with E-state index in [1.165, 1.54) is 29.2 Å². The van der Waals surface area contributed by atoms with Crippen LogP contribution in [-0.4, -0.2) is 80.1 Å². The summed E-state index contributed by atoms with van der Waals surface area (Å²) in [7, 11) is 0. The van der Waals surface area contributed by atoms with Gasteiger partial charge >= 0.3 is 6.09 Å². The van der Waals surface area contributed by atoms with Crippen LogP contribution < -0.4 is 10.6 Å². The molecule has 44 heavy (non-hydrogen) atoms. The van der Waals surface area contributed by atoms with Crippen LogP contribution in [0.4, 0.5) is 22.4 Å². The topological polar surface area (TPSA) is 115 Å². The molecule has 4 N–H and O–H groups in total. The van der Waals surface area contributed by atoms with Gasteiger partial charge < -0.3 is 30.2 Å². The number of H-pyrrole nitrogens is 1. The van der Waals surface area contributed by atoms with E-state index in [4.69, 9.17) is 4.98 Å². The van der Waals surface area contributed by atoms with Crippen molar-refractivity contribution in [2.75, 3.05) is 13.1 Å². The molecule has 0 radical (unpaired) electrons. The number of carbonyl (C=O) groups is 2. The number of aromatic amines is 1. The van der Waals surface area contributed by atoms with Crippen molar-refractivity contribution >= 4 is 33.9 Å². The maximum atomic E-state index is 14.9. The summed E-state index contributed by atoms with van der Waals surface area (Å²) in [6.45, 7) is 3.53. The highest BCUT2D eigenvalue weighted by Crippen LogP contribution is 2.36. The van der Waals surface area contributed by atoms with Gasteiger partial charge in [0.05, 0.1) is 29.3 Å². The van der Waals surface area contributed by atoms with Gasteiger partial charge in [-0.3, -0.25) is 4.79 Å². The SMILES string of the molecule is CC(C)[C@H](NC(=O)O)C(=O)N1C[C@@H](F)C[C@H]1Cn1c(-c2[nH]c3cc(F)ccc3c2C[C@@H]2C[C@H](F)CN2)nc2cc(F)ccc21. The number of hydrogen-bond donors (Lipinski definition) is 4. The zero-order valence-corrected chi connectivity index (χ0v) is 24.3. The number of carbonyl (C=O) groups excluding carboxylic acids is 1. The summed E-state index contributed by atoms with van der Waals surface area (Å²) in [4.78, 5) is 34.4. The minimum absolute atomic E-state index is 0.0125. The second kappa shape index (κ2) is 11.8. The largest absolute Gasteiger partial charge is 0.465 e. The molecule has 13 heteroatoms. The first-order chi connectivity index (χ1) is 21.0. The average Bonchev–Trinajstić information content (AvgIpc) is 3.72. The number of rotatable bonds is 8. The number of amides is 2. The fourth-order valence-corrected chi connectivity index (χ4v) is 6.62. The fraction of sp³-hybridized carbons (Fsp3) is 0.452. The predicted molar refractivity (Wildman–Crippen MR) is 157 cm³/mol. The van der Waals surface area contributed by atoms with E-state index in [1.807, 2.05) is 0 Å². The number of halogens is 4. The maximum Gasteiger partial charge on any atom is 0.405 e. The van der Waals surface area contributed by atoms with E-state index in [9.17, 15) is 32.3 Å². The molecule has 2 fully saturated rings. The Bertz CT molecular complexity index is 1720.